The first-order valence-electron chi connectivity index (χ1n) is 6.21. The van der Waals surface area contributed by atoms with Crippen LogP contribution >= 0.6 is 0 Å². The summed E-state index contributed by atoms with van der Waals surface area (Å²) in [6.45, 7) is 1.67. The van der Waals surface area contributed by atoms with Crippen molar-refractivity contribution in [2.75, 3.05) is 20.2 Å². The summed E-state index contributed by atoms with van der Waals surface area (Å²) in [7, 11) is 1.28. The van der Waals surface area contributed by atoms with Gasteiger partial charge in [-0.2, -0.15) is 0 Å². The molecule has 0 heterocycles. The second-order valence-corrected chi connectivity index (χ2v) is 4.30. The van der Waals surface area contributed by atoms with Gasteiger partial charge in [0, 0.05) is 13.1 Å². The van der Waals surface area contributed by atoms with E-state index in [0.717, 1.165) is 23.1 Å². The van der Waals surface area contributed by atoms with Gasteiger partial charge in [0.25, 0.3) is 11.6 Å². The molecular weight excluding hydrogens is 283 g/mol. The first-order chi connectivity index (χ1) is 9.86. The molecule has 0 fully saturated rings. The number of benzene rings is 1. The highest BCUT2D eigenvalue weighted by Crippen LogP contribution is 2.20. The Morgan fingerprint density at radius 3 is 2.67 bits per heavy atom. The van der Waals surface area contributed by atoms with E-state index >= 15 is 0 Å². The normalized spacial score (nSPS) is 10.0. The minimum absolute atomic E-state index is 0.223. The number of nitro groups is 1. The van der Waals surface area contributed by atoms with Gasteiger partial charge in [0.05, 0.1) is 11.5 Å². The number of nitro benzene ring substituents is 1. The Labute approximate surface area is 120 Å². The van der Waals surface area contributed by atoms with E-state index in [0.29, 0.717) is 6.42 Å². The Balaban J connectivity index is 2.90. The minimum atomic E-state index is -0.824. The fourth-order valence-corrected chi connectivity index (χ4v) is 1.57. The van der Waals surface area contributed by atoms with Crippen LogP contribution in [0.1, 0.15) is 23.7 Å². The van der Waals surface area contributed by atoms with E-state index in [1.165, 1.54) is 7.05 Å². The number of hydrogen-bond acceptors (Lipinski definition) is 5. The molecule has 1 aromatic rings. The molecule has 21 heavy (non-hydrogen) atoms. The largest absolute Gasteiger partial charge is 0.464 e. The second-order valence-electron chi connectivity index (χ2n) is 4.30. The molecule has 8 heteroatoms. The van der Waals surface area contributed by atoms with Crippen molar-refractivity contribution >= 4 is 17.6 Å². The SMILES string of the molecule is CCCOC(=O)CN(C)C(=O)c1cc(F)ccc1[N+](=O)[O-]. The number of ether oxygens (including phenoxy) is 1. The molecule has 0 aromatic heterocycles. The summed E-state index contributed by atoms with van der Waals surface area (Å²) in [4.78, 5) is 34.5. The Bertz CT molecular complexity index is 561. The first kappa shape index (κ1) is 16.5. The molecule has 7 nitrogen and oxygen atoms in total. The van der Waals surface area contributed by atoms with E-state index < -0.39 is 33.9 Å². The maximum absolute atomic E-state index is 13.2. The molecule has 0 atom stereocenters. The third-order valence-electron chi connectivity index (χ3n) is 2.57. The molecule has 0 aliphatic carbocycles. The highest BCUT2D eigenvalue weighted by Gasteiger charge is 2.24. The number of likely N-dealkylation sites (N-methyl/N-ethyl adjacent to an activating group) is 1. The van der Waals surface area contributed by atoms with Crippen molar-refractivity contribution in [1.82, 2.24) is 4.90 Å². The van der Waals surface area contributed by atoms with E-state index in [-0.39, 0.29) is 13.2 Å². The van der Waals surface area contributed by atoms with Crippen LogP contribution in [0.5, 0.6) is 0 Å². The van der Waals surface area contributed by atoms with E-state index in [9.17, 15) is 24.1 Å². The second kappa shape index (κ2) is 7.32. The lowest BCUT2D eigenvalue weighted by Crippen LogP contribution is -2.33. The van der Waals surface area contributed by atoms with Crippen molar-refractivity contribution in [3.8, 4) is 0 Å². The minimum Gasteiger partial charge on any atom is -0.464 e. The van der Waals surface area contributed by atoms with Gasteiger partial charge in [0.15, 0.2) is 0 Å². The van der Waals surface area contributed by atoms with Crippen LogP contribution in [0.25, 0.3) is 0 Å². The quantitative estimate of drug-likeness (QED) is 0.453. The molecule has 1 rings (SSSR count). The monoisotopic (exact) mass is 298 g/mol. The van der Waals surface area contributed by atoms with E-state index in [4.69, 9.17) is 4.74 Å². The average molecular weight is 298 g/mol. The molecular formula is C13H15FN2O5. The Morgan fingerprint density at radius 1 is 1.43 bits per heavy atom. The van der Waals surface area contributed by atoms with E-state index in [1.54, 1.807) is 0 Å². The Hall–Kier alpha value is -2.51. The summed E-state index contributed by atoms with van der Waals surface area (Å²) in [5, 5.41) is 10.8. The van der Waals surface area contributed by atoms with Crippen molar-refractivity contribution in [3.63, 3.8) is 0 Å². The van der Waals surface area contributed by atoms with Crippen LogP contribution in [0, 0.1) is 15.9 Å². The molecule has 1 aromatic carbocycles. The van der Waals surface area contributed by atoms with Gasteiger partial charge in [-0.25, -0.2) is 4.39 Å². The fraction of sp³-hybridized carbons (Fsp3) is 0.385. The summed E-state index contributed by atoms with van der Waals surface area (Å²) in [5.74, 6) is -2.23. The first-order valence-corrected chi connectivity index (χ1v) is 6.21. The van der Waals surface area contributed by atoms with Crippen LogP contribution in [-0.4, -0.2) is 41.9 Å². The van der Waals surface area contributed by atoms with Crippen LogP contribution < -0.4 is 0 Å². The van der Waals surface area contributed by atoms with Crippen LogP contribution in [-0.2, 0) is 9.53 Å². The molecule has 0 aliphatic rings. The molecule has 1 amide bonds. The number of carbonyl (C=O) groups excluding carboxylic acids is 2. The van der Waals surface area contributed by atoms with Crippen LogP contribution in [0.3, 0.4) is 0 Å². The third kappa shape index (κ3) is 4.51. The zero-order valence-corrected chi connectivity index (χ0v) is 11.7. The van der Waals surface area contributed by atoms with Gasteiger partial charge in [0.1, 0.15) is 17.9 Å². The molecule has 0 unspecified atom stereocenters. The van der Waals surface area contributed by atoms with Crippen molar-refractivity contribution in [1.29, 1.82) is 0 Å². The van der Waals surface area contributed by atoms with Crippen molar-refractivity contribution in [2.45, 2.75) is 13.3 Å². The van der Waals surface area contributed by atoms with Crippen molar-refractivity contribution in [2.24, 2.45) is 0 Å². The third-order valence-corrected chi connectivity index (χ3v) is 2.57. The zero-order chi connectivity index (χ0) is 16.0. The lowest BCUT2D eigenvalue weighted by atomic mass is 10.1. The Kier molecular flexibility index (Phi) is 5.77. The smallest absolute Gasteiger partial charge is 0.325 e. The highest BCUT2D eigenvalue weighted by atomic mass is 19.1. The van der Waals surface area contributed by atoms with Crippen LogP contribution in [0.4, 0.5) is 10.1 Å². The van der Waals surface area contributed by atoms with Gasteiger partial charge in [-0.1, -0.05) is 6.92 Å². The number of carbonyl (C=O) groups is 2. The number of amides is 1. The summed E-state index contributed by atoms with van der Waals surface area (Å²) >= 11 is 0. The van der Waals surface area contributed by atoms with E-state index in [2.05, 4.69) is 0 Å². The molecule has 0 saturated carbocycles. The van der Waals surface area contributed by atoms with Gasteiger partial charge < -0.3 is 9.64 Å². The topological polar surface area (TPSA) is 89.8 Å². The predicted molar refractivity (Wildman–Crippen MR) is 71.3 cm³/mol. The molecule has 114 valence electrons. The van der Waals surface area contributed by atoms with E-state index in [1.807, 2.05) is 6.92 Å². The van der Waals surface area contributed by atoms with Gasteiger partial charge in [-0.3, -0.25) is 19.7 Å². The van der Waals surface area contributed by atoms with Crippen molar-refractivity contribution in [3.05, 3.63) is 39.7 Å². The average Bonchev–Trinajstić information content (AvgIpc) is 2.43. The molecule has 0 bridgehead atoms. The summed E-state index contributed by atoms with van der Waals surface area (Å²) in [5.41, 5.74) is -0.930. The zero-order valence-electron chi connectivity index (χ0n) is 11.7. The maximum atomic E-state index is 13.2. The number of rotatable bonds is 6. The van der Waals surface area contributed by atoms with Crippen molar-refractivity contribution < 1.29 is 23.6 Å². The summed E-state index contributed by atoms with van der Waals surface area (Å²) in [6, 6.07) is 2.57. The van der Waals surface area contributed by atoms with Crippen LogP contribution in [0.2, 0.25) is 0 Å². The molecule has 0 radical (unpaired) electrons. The molecule has 0 N–H and O–H groups in total. The standard InChI is InChI=1S/C13H15FN2O5/c1-3-6-21-12(17)8-15(2)13(18)10-7-9(14)4-5-11(10)16(19)20/h4-5,7H,3,6,8H2,1-2H3. The summed E-state index contributed by atoms with van der Waals surface area (Å²) < 4.78 is 18.0. The fourth-order valence-electron chi connectivity index (χ4n) is 1.57. The number of esters is 1. The summed E-state index contributed by atoms with van der Waals surface area (Å²) in [6.07, 6.45) is 0.638. The predicted octanol–water partition coefficient (Wildman–Crippen LogP) is 1.76. The highest BCUT2D eigenvalue weighted by molar-refractivity contribution is 5.99. The van der Waals surface area contributed by atoms with Gasteiger partial charge >= 0.3 is 5.97 Å². The van der Waals surface area contributed by atoms with Gasteiger partial charge in [-0.15, -0.1) is 0 Å². The van der Waals surface area contributed by atoms with Gasteiger partial charge in [0.2, 0.25) is 0 Å². The Morgan fingerprint density at radius 2 is 2.10 bits per heavy atom. The molecule has 0 spiro atoms. The number of nitrogens with zero attached hydrogens (tertiary/aromatic N) is 2. The maximum Gasteiger partial charge on any atom is 0.325 e. The number of halogens is 1. The lowest BCUT2D eigenvalue weighted by Gasteiger charge is -2.16. The molecule has 0 saturated heterocycles. The lowest BCUT2D eigenvalue weighted by molar-refractivity contribution is -0.385. The van der Waals surface area contributed by atoms with Crippen LogP contribution in [0.15, 0.2) is 18.2 Å². The van der Waals surface area contributed by atoms with Gasteiger partial charge in [-0.05, 0) is 18.6 Å². The molecule has 0 aliphatic heterocycles. The number of hydrogen-bond donors (Lipinski definition) is 0.